The van der Waals surface area contributed by atoms with Gasteiger partial charge in [-0.3, -0.25) is 9.59 Å². The van der Waals surface area contributed by atoms with Crippen molar-refractivity contribution in [1.82, 2.24) is 0 Å². The second-order valence-electron chi connectivity index (χ2n) is 5.56. The van der Waals surface area contributed by atoms with Gasteiger partial charge in [0, 0.05) is 0 Å². The van der Waals surface area contributed by atoms with Crippen molar-refractivity contribution in [2.75, 3.05) is 13.2 Å². The van der Waals surface area contributed by atoms with Crippen LogP contribution in [0.1, 0.15) is 58.8 Å². The molecule has 0 unspecified atom stereocenters. The SMILES string of the molecule is CCCCOC(=O)C(CC1=CCCC=C1)C(=O)OCCCC. The first kappa shape index (κ1) is 18.5. The lowest BCUT2D eigenvalue weighted by atomic mass is 9.95. The quantitative estimate of drug-likeness (QED) is 0.348. The van der Waals surface area contributed by atoms with E-state index in [1.54, 1.807) is 0 Å². The molecule has 1 rings (SSSR count). The summed E-state index contributed by atoms with van der Waals surface area (Å²) in [5, 5.41) is 0. The molecule has 1 aliphatic carbocycles. The monoisotopic (exact) mass is 308 g/mol. The summed E-state index contributed by atoms with van der Waals surface area (Å²) in [5.74, 6) is -1.77. The fourth-order valence-electron chi connectivity index (χ4n) is 2.15. The number of carbonyl (C=O) groups is 2. The van der Waals surface area contributed by atoms with Gasteiger partial charge in [-0.15, -0.1) is 0 Å². The fraction of sp³-hybridized carbons (Fsp3) is 0.667. The Morgan fingerprint density at radius 3 is 2.09 bits per heavy atom. The lowest BCUT2D eigenvalue weighted by Crippen LogP contribution is -2.29. The zero-order chi connectivity index (χ0) is 16.2. The molecule has 0 aromatic heterocycles. The van der Waals surface area contributed by atoms with Gasteiger partial charge in [-0.25, -0.2) is 0 Å². The molecule has 0 saturated carbocycles. The molecule has 0 aromatic rings. The Morgan fingerprint density at radius 1 is 1.05 bits per heavy atom. The van der Waals surface area contributed by atoms with Crippen molar-refractivity contribution in [2.24, 2.45) is 5.92 Å². The number of esters is 2. The van der Waals surface area contributed by atoms with Crippen molar-refractivity contribution >= 4 is 11.9 Å². The fourth-order valence-corrected chi connectivity index (χ4v) is 2.15. The average molecular weight is 308 g/mol. The Hall–Kier alpha value is -1.58. The molecule has 0 bridgehead atoms. The van der Waals surface area contributed by atoms with Gasteiger partial charge in [0.1, 0.15) is 0 Å². The number of hydrogen-bond donors (Lipinski definition) is 0. The highest BCUT2D eigenvalue weighted by molar-refractivity contribution is 5.95. The molecular formula is C18H28O4. The van der Waals surface area contributed by atoms with E-state index in [1.807, 2.05) is 19.9 Å². The molecule has 4 nitrogen and oxygen atoms in total. The van der Waals surface area contributed by atoms with E-state index in [-0.39, 0.29) is 0 Å². The number of rotatable bonds is 10. The van der Waals surface area contributed by atoms with Crippen LogP contribution in [0.3, 0.4) is 0 Å². The van der Waals surface area contributed by atoms with Crippen LogP contribution in [-0.4, -0.2) is 25.2 Å². The van der Waals surface area contributed by atoms with Crippen molar-refractivity contribution in [1.29, 1.82) is 0 Å². The normalized spacial score (nSPS) is 13.9. The van der Waals surface area contributed by atoms with Crippen LogP contribution in [0.25, 0.3) is 0 Å². The maximum absolute atomic E-state index is 12.2. The zero-order valence-corrected chi connectivity index (χ0v) is 13.8. The van der Waals surface area contributed by atoms with Gasteiger partial charge in [-0.1, -0.05) is 50.5 Å². The van der Waals surface area contributed by atoms with Crippen molar-refractivity contribution in [3.63, 3.8) is 0 Å². The Kier molecular flexibility index (Phi) is 9.28. The summed E-state index contributed by atoms with van der Waals surface area (Å²) in [4.78, 5) is 24.4. The van der Waals surface area contributed by atoms with Crippen LogP contribution in [0.15, 0.2) is 23.8 Å². The molecule has 0 fully saturated rings. The number of unbranched alkanes of at least 4 members (excludes halogenated alkanes) is 2. The summed E-state index contributed by atoms with van der Waals surface area (Å²) in [6, 6.07) is 0. The van der Waals surface area contributed by atoms with E-state index in [0.29, 0.717) is 19.6 Å². The molecule has 0 aromatic carbocycles. The molecule has 22 heavy (non-hydrogen) atoms. The minimum atomic E-state index is -0.845. The Morgan fingerprint density at radius 2 is 1.64 bits per heavy atom. The van der Waals surface area contributed by atoms with Crippen molar-refractivity contribution < 1.29 is 19.1 Å². The summed E-state index contributed by atoms with van der Waals surface area (Å²) < 4.78 is 10.4. The number of ether oxygens (including phenoxy) is 2. The Balaban J connectivity index is 2.62. The van der Waals surface area contributed by atoms with E-state index in [9.17, 15) is 9.59 Å². The number of allylic oxidation sites excluding steroid dienone is 4. The van der Waals surface area contributed by atoms with Gasteiger partial charge in [-0.05, 0) is 32.1 Å². The molecular weight excluding hydrogens is 280 g/mol. The lowest BCUT2D eigenvalue weighted by Gasteiger charge is -2.17. The minimum Gasteiger partial charge on any atom is -0.465 e. The van der Waals surface area contributed by atoms with Gasteiger partial charge in [0.2, 0.25) is 0 Å². The molecule has 0 saturated heterocycles. The van der Waals surface area contributed by atoms with Crippen LogP contribution in [0.2, 0.25) is 0 Å². The smallest absolute Gasteiger partial charge is 0.320 e. The number of hydrogen-bond acceptors (Lipinski definition) is 4. The van der Waals surface area contributed by atoms with Crippen LogP contribution >= 0.6 is 0 Å². The molecule has 0 atom stereocenters. The van der Waals surface area contributed by atoms with Crippen LogP contribution in [0.4, 0.5) is 0 Å². The highest BCUT2D eigenvalue weighted by Crippen LogP contribution is 2.21. The number of carbonyl (C=O) groups excluding carboxylic acids is 2. The molecule has 4 heteroatoms. The maximum Gasteiger partial charge on any atom is 0.320 e. The first-order chi connectivity index (χ1) is 10.7. The van der Waals surface area contributed by atoms with Crippen LogP contribution in [0.5, 0.6) is 0 Å². The van der Waals surface area contributed by atoms with Crippen LogP contribution in [0, 0.1) is 5.92 Å². The average Bonchev–Trinajstić information content (AvgIpc) is 2.54. The third-order valence-corrected chi connectivity index (χ3v) is 3.57. The molecule has 124 valence electrons. The second kappa shape index (κ2) is 11.0. The molecule has 0 spiro atoms. The highest BCUT2D eigenvalue weighted by atomic mass is 16.6. The predicted octanol–water partition coefficient (Wildman–Crippen LogP) is 3.96. The van der Waals surface area contributed by atoms with Gasteiger partial charge in [0.05, 0.1) is 13.2 Å². The summed E-state index contributed by atoms with van der Waals surface area (Å²) >= 11 is 0. The molecule has 1 aliphatic rings. The second-order valence-corrected chi connectivity index (χ2v) is 5.56. The van der Waals surface area contributed by atoms with Crippen LogP contribution < -0.4 is 0 Å². The van der Waals surface area contributed by atoms with E-state index in [4.69, 9.17) is 9.47 Å². The van der Waals surface area contributed by atoms with E-state index >= 15 is 0 Å². The molecule has 0 amide bonds. The van der Waals surface area contributed by atoms with Gasteiger partial charge < -0.3 is 9.47 Å². The predicted molar refractivity (Wildman–Crippen MR) is 86.3 cm³/mol. The van der Waals surface area contributed by atoms with Gasteiger partial charge >= 0.3 is 11.9 Å². The van der Waals surface area contributed by atoms with Crippen molar-refractivity contribution in [3.8, 4) is 0 Å². The van der Waals surface area contributed by atoms with E-state index in [2.05, 4.69) is 12.2 Å². The summed E-state index contributed by atoms with van der Waals surface area (Å²) in [6.45, 7) is 4.79. The first-order valence-electron chi connectivity index (χ1n) is 8.37. The molecule has 0 N–H and O–H groups in total. The third-order valence-electron chi connectivity index (χ3n) is 3.57. The van der Waals surface area contributed by atoms with Gasteiger partial charge in [0.15, 0.2) is 5.92 Å². The van der Waals surface area contributed by atoms with Crippen molar-refractivity contribution in [3.05, 3.63) is 23.8 Å². The maximum atomic E-state index is 12.2. The van der Waals surface area contributed by atoms with E-state index in [1.165, 1.54) is 0 Å². The summed E-state index contributed by atoms with van der Waals surface area (Å²) in [5.41, 5.74) is 1.01. The molecule has 0 radical (unpaired) electrons. The zero-order valence-electron chi connectivity index (χ0n) is 13.8. The topological polar surface area (TPSA) is 52.6 Å². The summed E-state index contributed by atoms with van der Waals surface area (Å²) in [6.07, 6.45) is 12.0. The van der Waals surface area contributed by atoms with Crippen molar-refractivity contribution in [2.45, 2.75) is 58.8 Å². The van der Waals surface area contributed by atoms with E-state index < -0.39 is 17.9 Å². The Labute approximate surface area is 133 Å². The molecule has 0 aliphatic heterocycles. The molecule has 0 heterocycles. The first-order valence-corrected chi connectivity index (χ1v) is 8.37. The highest BCUT2D eigenvalue weighted by Gasteiger charge is 2.30. The minimum absolute atomic E-state index is 0.364. The van der Waals surface area contributed by atoms with E-state index in [0.717, 1.165) is 44.1 Å². The van der Waals surface area contributed by atoms with Crippen LogP contribution in [-0.2, 0) is 19.1 Å². The largest absolute Gasteiger partial charge is 0.465 e. The lowest BCUT2D eigenvalue weighted by molar-refractivity contribution is -0.162. The van der Waals surface area contributed by atoms with Gasteiger partial charge in [0.25, 0.3) is 0 Å². The Bertz CT molecular complexity index is 387. The van der Waals surface area contributed by atoms with Gasteiger partial charge in [-0.2, -0.15) is 0 Å². The third kappa shape index (κ3) is 6.92. The standard InChI is InChI=1S/C18H28O4/c1-3-5-12-21-17(19)16(18(20)22-13-6-4-2)14-15-10-8-7-9-11-15/h8,10-11,16H,3-7,9,12-14H2,1-2H3. The summed E-state index contributed by atoms with van der Waals surface area (Å²) in [7, 11) is 0.